The van der Waals surface area contributed by atoms with E-state index in [1.807, 2.05) is 0 Å². The molecule has 98 valence electrons. The minimum absolute atomic E-state index is 0.247. The highest BCUT2D eigenvalue weighted by Crippen LogP contribution is 2.72. The van der Waals surface area contributed by atoms with Gasteiger partial charge in [0, 0.05) is 14.2 Å². The Morgan fingerprint density at radius 1 is 0.941 bits per heavy atom. The SMILES string of the molecule is COC1(OC)[C@@]2(Cl)C(Cl)=C(Cl)[C@@]1(Cl)[C@@H](Br)[C@H]2Br. The summed E-state index contributed by atoms with van der Waals surface area (Å²) in [5.74, 6) is -1.33. The summed E-state index contributed by atoms with van der Waals surface area (Å²) in [5, 5.41) is 0.495. The monoisotopic (exact) mass is 446 g/mol. The summed E-state index contributed by atoms with van der Waals surface area (Å²) in [7, 11) is 2.92. The van der Waals surface area contributed by atoms with E-state index in [1.54, 1.807) is 0 Å². The van der Waals surface area contributed by atoms with E-state index < -0.39 is 15.5 Å². The van der Waals surface area contributed by atoms with Gasteiger partial charge in [0.15, 0.2) is 9.75 Å². The van der Waals surface area contributed by atoms with E-state index in [0.29, 0.717) is 0 Å². The number of hydrogen-bond acceptors (Lipinski definition) is 2. The summed E-state index contributed by atoms with van der Waals surface area (Å²) in [5.41, 5.74) is 0. The molecular weight excluding hydrogens is 442 g/mol. The van der Waals surface area contributed by atoms with E-state index in [0.717, 1.165) is 0 Å². The molecule has 0 unspecified atom stereocenters. The number of fused-ring (bicyclic) bond motifs is 2. The van der Waals surface area contributed by atoms with Gasteiger partial charge in [-0.1, -0.05) is 55.1 Å². The molecule has 2 nitrogen and oxygen atoms in total. The van der Waals surface area contributed by atoms with E-state index >= 15 is 0 Å². The van der Waals surface area contributed by atoms with Gasteiger partial charge in [-0.25, -0.2) is 0 Å². The van der Waals surface area contributed by atoms with Gasteiger partial charge in [-0.05, 0) is 0 Å². The van der Waals surface area contributed by atoms with Crippen LogP contribution >= 0.6 is 78.3 Å². The van der Waals surface area contributed by atoms with Crippen molar-refractivity contribution in [3.05, 3.63) is 10.1 Å². The molecule has 17 heavy (non-hydrogen) atoms. The van der Waals surface area contributed by atoms with Gasteiger partial charge in [0.2, 0.25) is 5.79 Å². The molecule has 0 aromatic heterocycles. The second-order valence-corrected chi connectivity index (χ2v) is 7.80. The van der Waals surface area contributed by atoms with Crippen LogP contribution in [0.15, 0.2) is 10.1 Å². The molecule has 0 aliphatic heterocycles. The molecule has 8 heteroatoms. The van der Waals surface area contributed by atoms with Crippen LogP contribution in [0.5, 0.6) is 0 Å². The maximum Gasteiger partial charge on any atom is 0.219 e. The normalized spacial score (nSPS) is 48.0. The minimum atomic E-state index is -1.33. The van der Waals surface area contributed by atoms with Gasteiger partial charge in [-0.2, -0.15) is 0 Å². The van der Waals surface area contributed by atoms with Crippen molar-refractivity contribution in [3.8, 4) is 0 Å². The highest BCUT2D eigenvalue weighted by molar-refractivity contribution is 9.12. The highest BCUT2D eigenvalue weighted by Gasteiger charge is 2.84. The fourth-order valence-corrected chi connectivity index (χ4v) is 6.96. The zero-order valence-electron chi connectivity index (χ0n) is 8.74. The molecule has 0 saturated heterocycles. The number of methoxy groups -OCH3 is 2. The van der Waals surface area contributed by atoms with E-state index in [2.05, 4.69) is 31.9 Å². The quantitative estimate of drug-likeness (QED) is 0.465. The van der Waals surface area contributed by atoms with Gasteiger partial charge in [-0.3, -0.25) is 0 Å². The zero-order valence-corrected chi connectivity index (χ0v) is 14.9. The molecule has 2 bridgehead atoms. The van der Waals surface area contributed by atoms with Crippen molar-refractivity contribution < 1.29 is 9.47 Å². The van der Waals surface area contributed by atoms with Gasteiger partial charge in [0.25, 0.3) is 0 Å². The standard InChI is InChI=1S/C9H8Br2Cl4O2/c1-16-9(17-2)7(14)3(10)4(11)8(9,15)6(13)5(7)12/h3-4H,1-2H3/t3-,4+,7-,8-/m0/s1. The Labute approximate surface area is 136 Å². The third kappa shape index (κ3) is 1.33. The van der Waals surface area contributed by atoms with Gasteiger partial charge in [-0.15, -0.1) is 23.2 Å². The van der Waals surface area contributed by atoms with Gasteiger partial charge in [0.05, 0.1) is 19.7 Å². The Balaban J connectivity index is 2.77. The Hall–Kier alpha value is 1.78. The first-order valence-corrected chi connectivity index (χ1v) is 7.92. The summed E-state index contributed by atoms with van der Waals surface area (Å²) in [6, 6.07) is 0. The summed E-state index contributed by atoms with van der Waals surface area (Å²) in [6.45, 7) is 0. The number of rotatable bonds is 2. The fourth-order valence-electron chi connectivity index (χ4n) is 2.56. The summed E-state index contributed by atoms with van der Waals surface area (Å²) >= 11 is 32.6. The van der Waals surface area contributed by atoms with Crippen molar-refractivity contribution in [3.63, 3.8) is 0 Å². The highest BCUT2D eigenvalue weighted by atomic mass is 79.9. The number of halogens is 6. The van der Waals surface area contributed by atoms with Crippen molar-refractivity contribution in [2.45, 2.75) is 25.2 Å². The van der Waals surface area contributed by atoms with Crippen molar-refractivity contribution in [2.75, 3.05) is 14.2 Å². The van der Waals surface area contributed by atoms with Crippen LogP contribution in [0.2, 0.25) is 0 Å². The van der Waals surface area contributed by atoms with Crippen molar-refractivity contribution >= 4 is 78.3 Å². The predicted molar refractivity (Wildman–Crippen MR) is 78.1 cm³/mol. The largest absolute Gasteiger partial charge is 0.349 e. The van der Waals surface area contributed by atoms with Crippen molar-refractivity contribution in [1.82, 2.24) is 0 Å². The number of alkyl halides is 4. The van der Waals surface area contributed by atoms with Crippen LogP contribution in [0.1, 0.15) is 0 Å². The van der Waals surface area contributed by atoms with Gasteiger partial charge in [0.1, 0.15) is 0 Å². The lowest BCUT2D eigenvalue weighted by molar-refractivity contribution is -0.215. The lowest BCUT2D eigenvalue weighted by atomic mass is 10.0. The third-order valence-electron chi connectivity index (χ3n) is 3.38. The predicted octanol–water partition coefficient (Wildman–Crippen LogP) is 4.17. The number of ether oxygens (including phenoxy) is 2. The van der Waals surface area contributed by atoms with Crippen LogP contribution in [0.25, 0.3) is 0 Å². The molecule has 0 spiro atoms. The average Bonchev–Trinajstić information content (AvgIpc) is 2.54. The number of hydrogen-bond donors (Lipinski definition) is 0. The molecule has 2 rings (SSSR count). The average molecular weight is 450 g/mol. The van der Waals surface area contributed by atoms with E-state index in [9.17, 15) is 0 Å². The molecule has 2 aliphatic rings. The van der Waals surface area contributed by atoms with Crippen molar-refractivity contribution in [1.29, 1.82) is 0 Å². The van der Waals surface area contributed by atoms with E-state index in [4.69, 9.17) is 55.9 Å². The van der Waals surface area contributed by atoms with Crippen molar-refractivity contribution in [2.24, 2.45) is 0 Å². The third-order valence-corrected chi connectivity index (χ3v) is 9.66. The van der Waals surface area contributed by atoms with Gasteiger partial charge < -0.3 is 9.47 Å². The lowest BCUT2D eigenvalue weighted by Gasteiger charge is -2.40. The van der Waals surface area contributed by atoms with Crippen LogP contribution in [-0.4, -0.2) is 39.4 Å². The summed E-state index contributed by atoms with van der Waals surface area (Å²) < 4.78 is 10.9. The minimum Gasteiger partial charge on any atom is -0.349 e. The first-order chi connectivity index (χ1) is 7.75. The molecule has 2 aliphatic carbocycles. The lowest BCUT2D eigenvalue weighted by Crippen LogP contribution is -2.57. The van der Waals surface area contributed by atoms with Crippen LogP contribution in [0, 0.1) is 0 Å². The maximum atomic E-state index is 6.61. The Morgan fingerprint density at radius 2 is 1.24 bits per heavy atom. The molecular formula is C9H8Br2Cl4O2. The second-order valence-electron chi connectivity index (χ2n) is 3.88. The van der Waals surface area contributed by atoms with Crippen LogP contribution < -0.4 is 0 Å². The van der Waals surface area contributed by atoms with Gasteiger partial charge >= 0.3 is 0 Å². The molecule has 4 atom stereocenters. The molecule has 0 radical (unpaired) electrons. The molecule has 0 heterocycles. The molecule has 0 N–H and O–H groups in total. The van der Waals surface area contributed by atoms with E-state index in [1.165, 1.54) is 14.2 Å². The first-order valence-electron chi connectivity index (χ1n) is 4.58. The molecule has 0 aromatic carbocycles. The maximum absolute atomic E-state index is 6.61. The van der Waals surface area contributed by atoms with Crippen LogP contribution in [0.3, 0.4) is 0 Å². The summed E-state index contributed by atoms with van der Waals surface area (Å²) in [4.78, 5) is -2.93. The summed E-state index contributed by atoms with van der Waals surface area (Å²) in [6.07, 6.45) is 0. The van der Waals surface area contributed by atoms with Crippen LogP contribution in [-0.2, 0) is 9.47 Å². The zero-order chi connectivity index (χ0) is 13.2. The smallest absolute Gasteiger partial charge is 0.219 e. The Morgan fingerprint density at radius 3 is 1.41 bits per heavy atom. The first kappa shape index (κ1) is 15.2. The molecule has 0 amide bonds. The van der Waals surface area contributed by atoms with E-state index in [-0.39, 0.29) is 19.7 Å². The second kappa shape index (κ2) is 4.39. The topological polar surface area (TPSA) is 18.5 Å². The molecule has 0 aromatic rings. The molecule has 1 fully saturated rings. The Kier molecular flexibility index (Phi) is 3.92. The molecule has 1 saturated carbocycles. The Bertz CT molecular complexity index is 368. The fraction of sp³-hybridized carbons (Fsp3) is 0.778. The van der Waals surface area contributed by atoms with Crippen LogP contribution in [0.4, 0.5) is 0 Å².